The number of carboxylic acid groups (broad SMARTS) is 1. The summed E-state index contributed by atoms with van der Waals surface area (Å²) in [6, 6.07) is 13.1. The summed E-state index contributed by atoms with van der Waals surface area (Å²) in [6.07, 6.45) is 0.0390. The molecule has 214 valence electrons. The Bertz CT molecular complexity index is 1460. The average molecular weight is 584 g/mol. The predicted molar refractivity (Wildman–Crippen MR) is 147 cm³/mol. The van der Waals surface area contributed by atoms with Gasteiger partial charge in [0.05, 0.1) is 21.6 Å². The van der Waals surface area contributed by atoms with Crippen LogP contribution in [-0.4, -0.2) is 57.5 Å². The Morgan fingerprint density at radius 3 is 2.27 bits per heavy atom. The first kappa shape index (κ1) is 30.5. The lowest BCUT2D eigenvalue weighted by molar-refractivity contribution is -0.384. The first-order valence-corrected chi connectivity index (χ1v) is 12.5. The minimum Gasteiger partial charge on any atom is -0.508 e. The Morgan fingerprint density at radius 2 is 1.66 bits per heavy atom. The molecule has 0 aromatic heterocycles. The van der Waals surface area contributed by atoms with Gasteiger partial charge in [0.25, 0.3) is 17.5 Å². The van der Waals surface area contributed by atoms with E-state index in [1.54, 1.807) is 12.1 Å². The molecule has 0 saturated carbocycles. The fourth-order valence-electron chi connectivity index (χ4n) is 3.66. The van der Waals surface area contributed by atoms with Crippen LogP contribution in [0.2, 0.25) is 5.02 Å². The van der Waals surface area contributed by atoms with Crippen LogP contribution in [0.15, 0.2) is 66.7 Å². The zero-order valence-electron chi connectivity index (χ0n) is 21.4. The lowest BCUT2D eigenvalue weighted by Crippen LogP contribution is -2.51. The van der Waals surface area contributed by atoms with Crippen molar-refractivity contribution in [1.29, 1.82) is 0 Å². The number of non-ortho nitro benzene ring substituents is 1. The van der Waals surface area contributed by atoms with Crippen molar-refractivity contribution in [2.75, 3.05) is 6.54 Å². The van der Waals surface area contributed by atoms with Crippen molar-refractivity contribution < 1.29 is 34.3 Å². The molecule has 13 nitrogen and oxygen atoms in total. The van der Waals surface area contributed by atoms with Gasteiger partial charge in [-0.1, -0.05) is 35.9 Å². The fourth-order valence-corrected chi connectivity index (χ4v) is 3.93. The first-order valence-electron chi connectivity index (χ1n) is 12.1. The number of halogens is 1. The number of phenolic OH excluding ortho intramolecular Hbond substituents is 1. The van der Waals surface area contributed by atoms with Crippen LogP contribution in [0.3, 0.4) is 0 Å². The van der Waals surface area contributed by atoms with Crippen molar-refractivity contribution in [1.82, 2.24) is 16.0 Å². The van der Waals surface area contributed by atoms with Crippen LogP contribution in [0.4, 0.5) is 5.69 Å². The van der Waals surface area contributed by atoms with Gasteiger partial charge in [0.2, 0.25) is 5.91 Å². The van der Waals surface area contributed by atoms with Gasteiger partial charge in [-0.05, 0) is 47.9 Å². The van der Waals surface area contributed by atoms with Crippen LogP contribution >= 0.6 is 11.6 Å². The SMILES string of the molecule is N[C@@H](Cc1ccc([N+](=O)[O-])cc1)C(=O)NC[C@H](NC(=O)c1ccc(C(=O)NCc2cccc(O)c2)cc1Cl)C(=O)O. The van der Waals surface area contributed by atoms with Gasteiger partial charge in [-0.25, -0.2) is 4.79 Å². The molecule has 0 bridgehead atoms. The highest BCUT2D eigenvalue weighted by Crippen LogP contribution is 2.19. The zero-order chi connectivity index (χ0) is 30.1. The van der Waals surface area contributed by atoms with Crippen LogP contribution in [0.25, 0.3) is 0 Å². The van der Waals surface area contributed by atoms with Gasteiger partial charge in [-0.2, -0.15) is 0 Å². The molecular weight excluding hydrogens is 558 g/mol. The third kappa shape index (κ3) is 8.74. The topological polar surface area (TPSA) is 214 Å². The van der Waals surface area contributed by atoms with Crippen LogP contribution in [-0.2, 0) is 22.6 Å². The molecule has 0 unspecified atom stereocenters. The second-order valence-electron chi connectivity index (χ2n) is 8.89. The van der Waals surface area contributed by atoms with Gasteiger partial charge in [0, 0.05) is 30.8 Å². The van der Waals surface area contributed by atoms with Crippen molar-refractivity contribution in [3.63, 3.8) is 0 Å². The quantitative estimate of drug-likeness (QED) is 0.135. The number of carbonyl (C=O) groups is 4. The highest BCUT2D eigenvalue weighted by molar-refractivity contribution is 6.34. The standard InChI is InChI=1S/C27H26ClN5O8/c28-21-12-17(24(35)30-13-16-2-1-3-19(34)10-16)6-9-20(21)25(36)32-23(27(38)39)14-31-26(37)22(29)11-15-4-7-18(8-5-15)33(40)41/h1-10,12,22-23,34H,11,13-14,29H2,(H,30,35)(H,31,37)(H,32,36)(H,38,39)/t22-,23-/m0/s1. The summed E-state index contributed by atoms with van der Waals surface area (Å²) >= 11 is 6.20. The third-order valence-corrected chi connectivity index (χ3v) is 6.18. The fraction of sp³-hybridized carbons (Fsp3) is 0.185. The second kappa shape index (κ2) is 13.9. The monoisotopic (exact) mass is 583 g/mol. The number of benzene rings is 3. The molecule has 7 N–H and O–H groups in total. The number of hydrogen-bond acceptors (Lipinski definition) is 8. The maximum absolute atomic E-state index is 12.7. The van der Waals surface area contributed by atoms with Crippen molar-refractivity contribution in [3.8, 4) is 5.75 Å². The van der Waals surface area contributed by atoms with E-state index in [0.717, 1.165) is 0 Å². The van der Waals surface area contributed by atoms with Gasteiger partial charge in [0.15, 0.2) is 0 Å². The van der Waals surface area contributed by atoms with E-state index in [0.29, 0.717) is 11.1 Å². The van der Waals surface area contributed by atoms with Crippen LogP contribution in [0, 0.1) is 10.1 Å². The maximum Gasteiger partial charge on any atom is 0.328 e. The van der Waals surface area contributed by atoms with E-state index in [9.17, 15) is 39.5 Å². The number of phenols is 1. The van der Waals surface area contributed by atoms with E-state index >= 15 is 0 Å². The number of rotatable bonds is 12. The molecule has 2 atom stereocenters. The minimum atomic E-state index is -1.53. The van der Waals surface area contributed by atoms with Crippen LogP contribution in [0.5, 0.6) is 5.75 Å². The van der Waals surface area contributed by atoms with E-state index in [4.69, 9.17) is 17.3 Å². The summed E-state index contributed by atoms with van der Waals surface area (Å²) in [5.74, 6) is -3.40. The highest BCUT2D eigenvalue weighted by atomic mass is 35.5. The molecular formula is C27H26ClN5O8. The maximum atomic E-state index is 12.7. The van der Waals surface area contributed by atoms with Crippen LogP contribution < -0.4 is 21.7 Å². The molecule has 0 heterocycles. The number of nitrogens with zero attached hydrogens (tertiary/aromatic N) is 1. The summed E-state index contributed by atoms with van der Waals surface area (Å²) < 4.78 is 0. The Hall–Kier alpha value is -5.01. The van der Waals surface area contributed by atoms with Crippen molar-refractivity contribution in [3.05, 3.63) is 104 Å². The lowest BCUT2D eigenvalue weighted by Gasteiger charge is -2.18. The Balaban J connectivity index is 1.55. The lowest BCUT2D eigenvalue weighted by atomic mass is 10.1. The summed E-state index contributed by atoms with van der Waals surface area (Å²) in [5.41, 5.74) is 7.05. The number of nitro benzene ring substituents is 1. The number of carbonyl (C=O) groups excluding carboxylic acids is 3. The number of aliphatic carboxylic acids is 1. The molecule has 0 aliphatic carbocycles. The number of aromatic hydroxyl groups is 1. The van der Waals surface area contributed by atoms with E-state index in [1.165, 1.54) is 54.6 Å². The predicted octanol–water partition coefficient (Wildman–Crippen LogP) is 1.75. The van der Waals surface area contributed by atoms with Gasteiger partial charge in [-0.15, -0.1) is 0 Å². The van der Waals surface area contributed by atoms with Gasteiger partial charge < -0.3 is 31.9 Å². The summed E-state index contributed by atoms with van der Waals surface area (Å²) in [5, 5.41) is 37.0. The number of nitrogens with two attached hydrogens (primary N) is 1. The third-order valence-electron chi connectivity index (χ3n) is 5.86. The summed E-state index contributed by atoms with van der Waals surface area (Å²) in [4.78, 5) is 59.5. The van der Waals surface area contributed by atoms with Crippen molar-refractivity contribution >= 4 is 41.0 Å². The average Bonchev–Trinajstić information content (AvgIpc) is 2.93. The second-order valence-corrected chi connectivity index (χ2v) is 9.30. The Morgan fingerprint density at radius 1 is 0.951 bits per heavy atom. The molecule has 3 aromatic carbocycles. The molecule has 0 aliphatic rings. The highest BCUT2D eigenvalue weighted by Gasteiger charge is 2.24. The number of nitro groups is 1. The number of hydrogen-bond donors (Lipinski definition) is 6. The number of nitrogens with one attached hydrogen (secondary N) is 3. The van der Waals surface area contributed by atoms with Gasteiger partial charge in [-0.3, -0.25) is 24.5 Å². The molecule has 3 amide bonds. The molecule has 14 heteroatoms. The minimum absolute atomic E-state index is 0.0390. The molecule has 0 radical (unpaired) electrons. The largest absolute Gasteiger partial charge is 0.508 e. The molecule has 0 aliphatic heterocycles. The Labute approximate surface area is 238 Å². The number of amides is 3. The zero-order valence-corrected chi connectivity index (χ0v) is 22.1. The van der Waals surface area contributed by atoms with Crippen molar-refractivity contribution in [2.24, 2.45) is 5.73 Å². The van der Waals surface area contributed by atoms with Crippen molar-refractivity contribution in [2.45, 2.75) is 25.0 Å². The summed E-state index contributed by atoms with van der Waals surface area (Å²) in [6.45, 7) is -0.350. The van der Waals surface area contributed by atoms with E-state index in [-0.39, 0.29) is 40.6 Å². The smallest absolute Gasteiger partial charge is 0.328 e. The molecule has 3 aromatic rings. The van der Waals surface area contributed by atoms with Gasteiger partial charge in [0.1, 0.15) is 11.8 Å². The van der Waals surface area contributed by atoms with E-state index in [1.807, 2.05) is 0 Å². The van der Waals surface area contributed by atoms with E-state index in [2.05, 4.69) is 16.0 Å². The normalized spacial score (nSPS) is 12.0. The molecule has 3 rings (SSSR count). The molecule has 0 spiro atoms. The Kier molecular flexibility index (Phi) is 10.3. The first-order chi connectivity index (χ1) is 19.4. The summed E-state index contributed by atoms with van der Waals surface area (Å²) in [7, 11) is 0. The van der Waals surface area contributed by atoms with Crippen LogP contribution in [0.1, 0.15) is 31.8 Å². The molecule has 41 heavy (non-hydrogen) atoms. The molecule has 0 saturated heterocycles. The van der Waals surface area contributed by atoms with Gasteiger partial charge >= 0.3 is 5.97 Å². The van der Waals surface area contributed by atoms with E-state index < -0.39 is 47.2 Å². The molecule has 0 fully saturated rings. The number of carboxylic acids is 1.